The maximum absolute atomic E-state index is 13.5. The van der Waals surface area contributed by atoms with Gasteiger partial charge in [-0.3, -0.25) is 0 Å². The van der Waals surface area contributed by atoms with Crippen LogP contribution < -0.4 is 10.5 Å². The molecule has 0 amide bonds. The average molecular weight is 263 g/mol. The van der Waals surface area contributed by atoms with Gasteiger partial charge in [-0.25, -0.2) is 8.78 Å². The maximum atomic E-state index is 13.5. The van der Waals surface area contributed by atoms with E-state index in [0.717, 1.165) is 11.6 Å². The Bertz CT molecular complexity index is 570. The summed E-state index contributed by atoms with van der Waals surface area (Å²) in [4.78, 5) is 0. The molecule has 2 N–H and O–H groups in total. The van der Waals surface area contributed by atoms with E-state index in [1.54, 1.807) is 6.07 Å². The van der Waals surface area contributed by atoms with Gasteiger partial charge in [-0.15, -0.1) is 0 Å². The van der Waals surface area contributed by atoms with E-state index in [1.165, 1.54) is 12.1 Å². The second-order valence-corrected chi connectivity index (χ2v) is 4.35. The van der Waals surface area contributed by atoms with Crippen molar-refractivity contribution in [3.63, 3.8) is 0 Å². The van der Waals surface area contributed by atoms with Crippen molar-refractivity contribution in [1.82, 2.24) is 0 Å². The van der Waals surface area contributed by atoms with Crippen molar-refractivity contribution in [3.05, 3.63) is 65.2 Å². The van der Waals surface area contributed by atoms with Gasteiger partial charge in [0.15, 0.2) is 0 Å². The van der Waals surface area contributed by atoms with Gasteiger partial charge in [0.1, 0.15) is 24.0 Å². The van der Waals surface area contributed by atoms with Crippen LogP contribution >= 0.6 is 0 Å². The summed E-state index contributed by atoms with van der Waals surface area (Å²) in [6.07, 6.45) is 0. The number of nitrogens with two attached hydrogens (primary N) is 1. The van der Waals surface area contributed by atoms with Crippen LogP contribution in [0.25, 0.3) is 0 Å². The second kappa shape index (κ2) is 5.80. The number of para-hydroxylation sites is 1. The number of hydrogen-bond donors (Lipinski definition) is 1. The van der Waals surface area contributed by atoms with Gasteiger partial charge >= 0.3 is 0 Å². The zero-order valence-corrected chi connectivity index (χ0v) is 10.6. The van der Waals surface area contributed by atoms with Crippen LogP contribution in [0.1, 0.15) is 24.1 Å². The Hall–Kier alpha value is -1.94. The van der Waals surface area contributed by atoms with E-state index < -0.39 is 11.6 Å². The summed E-state index contributed by atoms with van der Waals surface area (Å²) >= 11 is 0. The van der Waals surface area contributed by atoms with Crippen molar-refractivity contribution in [1.29, 1.82) is 0 Å². The van der Waals surface area contributed by atoms with E-state index >= 15 is 0 Å². The van der Waals surface area contributed by atoms with Crippen LogP contribution in [0.15, 0.2) is 42.5 Å². The molecule has 0 bridgehead atoms. The Labute approximate surface area is 110 Å². The van der Waals surface area contributed by atoms with Crippen LogP contribution in [0.5, 0.6) is 5.75 Å². The fourth-order valence-corrected chi connectivity index (χ4v) is 1.78. The molecule has 0 aromatic heterocycles. The van der Waals surface area contributed by atoms with Gasteiger partial charge in [0.05, 0.1) is 0 Å². The molecule has 1 atom stereocenters. The average Bonchev–Trinajstić information content (AvgIpc) is 2.38. The number of ether oxygens (including phenoxy) is 1. The summed E-state index contributed by atoms with van der Waals surface area (Å²) < 4.78 is 31.8. The third kappa shape index (κ3) is 3.29. The first-order valence-corrected chi connectivity index (χ1v) is 5.99. The minimum atomic E-state index is -0.613. The SMILES string of the molecule is C[C@H](N)c1ccccc1OCc1ccc(F)cc1F. The summed E-state index contributed by atoms with van der Waals surface area (Å²) in [6, 6.07) is 10.6. The van der Waals surface area contributed by atoms with Crippen molar-refractivity contribution in [3.8, 4) is 5.75 Å². The number of benzene rings is 2. The number of hydrogen-bond acceptors (Lipinski definition) is 2. The lowest BCUT2D eigenvalue weighted by Crippen LogP contribution is -2.08. The van der Waals surface area contributed by atoms with Crippen molar-refractivity contribution in [2.45, 2.75) is 19.6 Å². The lowest BCUT2D eigenvalue weighted by atomic mass is 10.1. The molecule has 0 spiro atoms. The first-order chi connectivity index (χ1) is 9.08. The molecule has 2 aromatic carbocycles. The second-order valence-electron chi connectivity index (χ2n) is 4.35. The highest BCUT2D eigenvalue weighted by Crippen LogP contribution is 2.24. The molecule has 0 saturated carbocycles. The molecule has 19 heavy (non-hydrogen) atoms. The Morgan fingerprint density at radius 3 is 2.58 bits per heavy atom. The molecule has 0 radical (unpaired) electrons. The lowest BCUT2D eigenvalue weighted by molar-refractivity contribution is 0.295. The Morgan fingerprint density at radius 2 is 1.89 bits per heavy atom. The standard InChI is InChI=1S/C15H15F2NO/c1-10(18)13-4-2-3-5-15(13)19-9-11-6-7-12(16)8-14(11)17/h2-8,10H,9,18H2,1H3/t10-/m0/s1. The molecule has 0 saturated heterocycles. The third-order valence-electron chi connectivity index (χ3n) is 2.81. The molecule has 0 fully saturated rings. The molecule has 2 nitrogen and oxygen atoms in total. The normalized spacial score (nSPS) is 12.2. The van der Waals surface area contributed by atoms with E-state index in [2.05, 4.69) is 0 Å². The number of rotatable bonds is 4. The lowest BCUT2D eigenvalue weighted by Gasteiger charge is -2.14. The van der Waals surface area contributed by atoms with Gasteiger partial charge in [0.25, 0.3) is 0 Å². The van der Waals surface area contributed by atoms with Gasteiger partial charge < -0.3 is 10.5 Å². The van der Waals surface area contributed by atoms with Gasteiger partial charge in [-0.1, -0.05) is 18.2 Å². The van der Waals surface area contributed by atoms with Crippen molar-refractivity contribution < 1.29 is 13.5 Å². The fourth-order valence-electron chi connectivity index (χ4n) is 1.78. The molecular formula is C15H15F2NO. The van der Waals surface area contributed by atoms with E-state index in [4.69, 9.17) is 10.5 Å². The minimum Gasteiger partial charge on any atom is -0.488 e. The molecule has 0 aliphatic heterocycles. The molecule has 0 aliphatic carbocycles. The highest BCUT2D eigenvalue weighted by atomic mass is 19.1. The molecule has 0 unspecified atom stereocenters. The van der Waals surface area contributed by atoms with Gasteiger partial charge in [0.2, 0.25) is 0 Å². The smallest absolute Gasteiger partial charge is 0.132 e. The summed E-state index contributed by atoms with van der Waals surface area (Å²) in [6.45, 7) is 1.89. The van der Waals surface area contributed by atoms with Crippen LogP contribution in [0.4, 0.5) is 8.78 Å². The summed E-state index contributed by atoms with van der Waals surface area (Å²) in [5.74, 6) is -0.600. The predicted molar refractivity (Wildman–Crippen MR) is 69.7 cm³/mol. The largest absolute Gasteiger partial charge is 0.488 e. The summed E-state index contributed by atoms with van der Waals surface area (Å²) in [7, 11) is 0. The van der Waals surface area contributed by atoms with E-state index in [-0.39, 0.29) is 12.6 Å². The topological polar surface area (TPSA) is 35.2 Å². The first kappa shape index (κ1) is 13.5. The van der Waals surface area contributed by atoms with Gasteiger partial charge in [-0.05, 0) is 25.1 Å². The number of halogens is 2. The van der Waals surface area contributed by atoms with Crippen LogP contribution in [0.2, 0.25) is 0 Å². The molecule has 2 aromatic rings. The van der Waals surface area contributed by atoms with Crippen LogP contribution in [0.3, 0.4) is 0 Å². The summed E-state index contributed by atoms with van der Waals surface area (Å²) in [5.41, 5.74) is 6.99. The monoisotopic (exact) mass is 263 g/mol. The van der Waals surface area contributed by atoms with Crippen LogP contribution in [-0.4, -0.2) is 0 Å². The quantitative estimate of drug-likeness (QED) is 0.915. The van der Waals surface area contributed by atoms with E-state index in [0.29, 0.717) is 11.3 Å². The highest BCUT2D eigenvalue weighted by Gasteiger charge is 2.09. The molecule has 100 valence electrons. The van der Waals surface area contributed by atoms with Crippen LogP contribution in [0, 0.1) is 11.6 Å². The Balaban J connectivity index is 2.14. The van der Waals surface area contributed by atoms with E-state index in [9.17, 15) is 8.78 Å². The molecule has 0 aliphatic rings. The Morgan fingerprint density at radius 1 is 1.16 bits per heavy atom. The molecule has 2 rings (SSSR count). The Kier molecular flexibility index (Phi) is 4.12. The zero-order chi connectivity index (χ0) is 13.8. The maximum Gasteiger partial charge on any atom is 0.132 e. The molecule has 4 heteroatoms. The minimum absolute atomic E-state index is 0.0375. The molecular weight excluding hydrogens is 248 g/mol. The summed E-state index contributed by atoms with van der Waals surface area (Å²) in [5, 5.41) is 0. The first-order valence-electron chi connectivity index (χ1n) is 5.99. The molecule has 0 heterocycles. The zero-order valence-electron chi connectivity index (χ0n) is 10.6. The predicted octanol–water partition coefficient (Wildman–Crippen LogP) is 3.56. The highest BCUT2D eigenvalue weighted by molar-refractivity contribution is 5.35. The fraction of sp³-hybridized carbons (Fsp3) is 0.200. The third-order valence-corrected chi connectivity index (χ3v) is 2.81. The van der Waals surface area contributed by atoms with E-state index in [1.807, 2.05) is 25.1 Å². The van der Waals surface area contributed by atoms with Gasteiger partial charge in [-0.2, -0.15) is 0 Å². The van der Waals surface area contributed by atoms with Crippen molar-refractivity contribution >= 4 is 0 Å². The van der Waals surface area contributed by atoms with Crippen molar-refractivity contribution in [2.75, 3.05) is 0 Å². The van der Waals surface area contributed by atoms with Crippen LogP contribution in [-0.2, 0) is 6.61 Å². The van der Waals surface area contributed by atoms with Crippen molar-refractivity contribution in [2.24, 2.45) is 5.73 Å². The van der Waals surface area contributed by atoms with Gasteiger partial charge in [0, 0.05) is 23.2 Å².